The van der Waals surface area contributed by atoms with E-state index in [-0.39, 0.29) is 0 Å². The normalized spacial score (nSPS) is 17.1. The monoisotopic (exact) mass is 668 g/mol. The molecule has 0 amide bonds. The van der Waals surface area contributed by atoms with Gasteiger partial charge >= 0.3 is 65.4 Å². The van der Waals surface area contributed by atoms with Crippen LogP contribution in [0.25, 0.3) is 0 Å². The first-order valence-corrected chi connectivity index (χ1v) is 9.44. The molecule has 1 N–H and O–H groups in total. The molecule has 0 heterocycles. The van der Waals surface area contributed by atoms with Gasteiger partial charge in [-0.3, -0.25) is 0 Å². The molecule has 0 bridgehead atoms. The van der Waals surface area contributed by atoms with Crippen molar-refractivity contribution in [2.75, 3.05) is 27.2 Å². The Morgan fingerprint density at radius 2 is 0.780 bits per heavy atom. The van der Waals surface area contributed by atoms with Crippen LogP contribution < -0.4 is 0 Å². The number of carboxylic acid groups (broad SMARTS) is 1. The third-order valence-corrected chi connectivity index (χ3v) is 5.15. The molecule has 0 saturated heterocycles. The van der Waals surface area contributed by atoms with E-state index in [4.69, 9.17) is 5.11 Å². The molecule has 246 valence electrons. The number of carbonyl (C=O) groups is 1. The van der Waals surface area contributed by atoms with Crippen molar-refractivity contribution in [2.45, 2.75) is 65.7 Å². The molecule has 41 heavy (non-hydrogen) atoms. The topological polar surface area (TPSA) is 37.3 Å². The molecule has 0 rings (SSSR count). The van der Waals surface area contributed by atoms with Crippen LogP contribution in [0, 0.1) is 0 Å². The van der Waals surface area contributed by atoms with Gasteiger partial charge in [0, 0.05) is 0 Å². The van der Waals surface area contributed by atoms with E-state index in [1.165, 1.54) is 0 Å². The summed E-state index contributed by atoms with van der Waals surface area (Å²) in [6.07, 6.45) is -13.1. The van der Waals surface area contributed by atoms with Gasteiger partial charge in [-0.05, 0) is 0 Å². The van der Waals surface area contributed by atoms with Crippen LogP contribution in [0.3, 0.4) is 0 Å². The Balaban J connectivity index is 7.02. The SMILES string of the molecule is C[N+](C)(CC(=O)O)CC(F)C(F)(F)C(F)(F)C(F)(F)C(F)(F)C(F)(F)C(F)(F)C(F)(F)C(F)(F)C(F)(F)C(F)(F)F. The predicted octanol–water partition coefficient (Wildman–Crippen LogP) is 6.77. The maximum atomic E-state index is 13.9. The fourth-order valence-corrected chi connectivity index (χ4v) is 2.75. The van der Waals surface area contributed by atoms with Gasteiger partial charge in [0.2, 0.25) is 6.17 Å². The van der Waals surface area contributed by atoms with E-state index in [0.29, 0.717) is 14.1 Å². The number of hydrogen-bond donors (Lipinski definition) is 1. The summed E-state index contributed by atoms with van der Waals surface area (Å²) in [4.78, 5) is 10.5. The number of likely N-dealkylation sites (N-methyl/N-ethyl adjacent to an activating group) is 1. The van der Waals surface area contributed by atoms with Crippen LogP contribution in [0.4, 0.5) is 96.6 Å². The second kappa shape index (κ2) is 9.98. The van der Waals surface area contributed by atoms with Crippen molar-refractivity contribution in [3.63, 3.8) is 0 Å². The summed E-state index contributed by atoms with van der Waals surface area (Å²) in [6.45, 7) is -3.91. The van der Waals surface area contributed by atoms with E-state index in [0.717, 1.165) is 0 Å². The first-order chi connectivity index (χ1) is 17.3. The van der Waals surface area contributed by atoms with Crippen molar-refractivity contribution in [2.24, 2.45) is 0 Å². The molecule has 0 radical (unpaired) electrons. The van der Waals surface area contributed by atoms with Crippen molar-refractivity contribution >= 4 is 5.97 Å². The lowest BCUT2D eigenvalue weighted by Crippen LogP contribution is -2.77. The number of halogens is 22. The summed E-state index contributed by atoms with van der Waals surface area (Å²) in [5.74, 6) is -81.3. The molecule has 0 aliphatic carbocycles. The van der Waals surface area contributed by atoms with E-state index in [9.17, 15) is 101 Å². The quantitative estimate of drug-likeness (QED) is 0.174. The highest BCUT2D eigenvalue weighted by molar-refractivity contribution is 5.67. The van der Waals surface area contributed by atoms with Crippen molar-refractivity contribution in [3.05, 3.63) is 0 Å². The van der Waals surface area contributed by atoms with Crippen LogP contribution in [0.1, 0.15) is 0 Å². The third-order valence-electron chi connectivity index (χ3n) is 5.15. The van der Waals surface area contributed by atoms with Crippen LogP contribution in [0.15, 0.2) is 0 Å². The summed E-state index contributed by atoms with van der Waals surface area (Å²) >= 11 is 0. The van der Waals surface area contributed by atoms with Crippen LogP contribution in [-0.4, -0.2) is 108 Å². The second-order valence-electron chi connectivity index (χ2n) is 8.85. The molecule has 3 nitrogen and oxygen atoms in total. The maximum Gasteiger partial charge on any atom is 0.460 e. The van der Waals surface area contributed by atoms with Gasteiger partial charge in [0.05, 0.1) is 14.1 Å². The summed E-state index contributed by atoms with van der Waals surface area (Å²) in [7, 11) is 0.769. The highest BCUT2D eigenvalue weighted by Gasteiger charge is 2.98. The molecule has 0 aromatic carbocycles. The fraction of sp³-hybridized carbons (Fsp3) is 0.938. The van der Waals surface area contributed by atoms with Crippen LogP contribution in [0.2, 0.25) is 0 Å². The van der Waals surface area contributed by atoms with Crippen molar-refractivity contribution in [1.82, 2.24) is 0 Å². The van der Waals surface area contributed by atoms with Crippen LogP contribution >= 0.6 is 0 Å². The number of aliphatic carboxylic acids is 1. The Morgan fingerprint density at radius 3 is 1.02 bits per heavy atom. The minimum absolute atomic E-state index is 0.384. The van der Waals surface area contributed by atoms with Gasteiger partial charge in [0.15, 0.2) is 6.54 Å². The molecule has 0 aliphatic heterocycles. The first kappa shape index (κ1) is 38.9. The van der Waals surface area contributed by atoms with Gasteiger partial charge in [0.25, 0.3) is 0 Å². The van der Waals surface area contributed by atoms with Gasteiger partial charge in [0.1, 0.15) is 6.54 Å². The lowest BCUT2D eigenvalue weighted by atomic mass is 9.85. The minimum atomic E-state index is -9.32. The summed E-state index contributed by atoms with van der Waals surface area (Å²) < 4.78 is 292. The zero-order chi connectivity index (χ0) is 34.1. The lowest BCUT2D eigenvalue weighted by molar-refractivity contribution is -0.886. The summed E-state index contributed by atoms with van der Waals surface area (Å²) in [6, 6.07) is 0. The van der Waals surface area contributed by atoms with Gasteiger partial charge < -0.3 is 9.59 Å². The van der Waals surface area contributed by atoms with Crippen molar-refractivity contribution < 1.29 is 111 Å². The molecule has 1 unspecified atom stereocenters. The number of hydrogen-bond acceptors (Lipinski definition) is 1. The molecule has 0 aromatic rings. The number of rotatable bonds is 13. The number of quaternary nitrogens is 1. The Hall–Kier alpha value is -2.11. The first-order valence-electron chi connectivity index (χ1n) is 9.44. The lowest BCUT2D eigenvalue weighted by Gasteiger charge is -2.45. The van der Waals surface area contributed by atoms with E-state index in [1.54, 1.807) is 0 Å². The Bertz CT molecular complexity index is 967. The van der Waals surface area contributed by atoms with Crippen molar-refractivity contribution in [3.8, 4) is 0 Å². The Kier molecular flexibility index (Phi) is 9.46. The zero-order valence-corrected chi connectivity index (χ0v) is 19.1. The molecule has 0 aromatic heterocycles. The minimum Gasteiger partial charge on any atom is -0.477 e. The largest absolute Gasteiger partial charge is 0.477 e. The zero-order valence-electron chi connectivity index (χ0n) is 19.1. The number of nitrogens with zero attached hydrogens (tertiary/aromatic N) is 1. The fourth-order valence-electron chi connectivity index (χ4n) is 2.75. The maximum absolute atomic E-state index is 13.9. The molecule has 0 saturated carbocycles. The number of alkyl halides is 22. The van der Waals surface area contributed by atoms with Gasteiger partial charge in [-0.2, -0.15) is 92.2 Å². The molecular formula is C16H12F22NO2+. The van der Waals surface area contributed by atoms with Gasteiger partial charge in [-0.25, -0.2) is 9.18 Å². The Morgan fingerprint density at radius 1 is 0.537 bits per heavy atom. The highest BCUT2D eigenvalue weighted by atomic mass is 19.4. The summed E-state index contributed by atoms with van der Waals surface area (Å²) in [5.41, 5.74) is 0. The predicted molar refractivity (Wildman–Crippen MR) is 85.0 cm³/mol. The third kappa shape index (κ3) is 5.42. The molecular weight excluding hydrogens is 656 g/mol. The summed E-state index contributed by atoms with van der Waals surface area (Å²) in [5, 5.41) is 8.47. The molecule has 0 aliphatic rings. The second-order valence-corrected chi connectivity index (χ2v) is 8.85. The Labute approximate surface area is 211 Å². The van der Waals surface area contributed by atoms with Crippen LogP contribution in [0.5, 0.6) is 0 Å². The van der Waals surface area contributed by atoms with Crippen molar-refractivity contribution in [1.29, 1.82) is 0 Å². The average Bonchev–Trinajstić information content (AvgIpc) is 2.70. The van der Waals surface area contributed by atoms with Gasteiger partial charge in [-0.15, -0.1) is 0 Å². The van der Waals surface area contributed by atoms with Gasteiger partial charge in [-0.1, -0.05) is 0 Å². The van der Waals surface area contributed by atoms with E-state index >= 15 is 0 Å². The average molecular weight is 668 g/mol. The molecule has 0 fully saturated rings. The van der Waals surface area contributed by atoms with E-state index in [2.05, 4.69) is 0 Å². The smallest absolute Gasteiger partial charge is 0.460 e. The molecule has 1 atom stereocenters. The standard InChI is InChI=1S/C16H11F22NO2/c1-39(2,4-6(40)41)3-5(17)7(18,19)8(20,21)9(22,23)10(24,25)11(26,27)12(28,29)13(30,31)14(32,33)15(34,35)16(36,37)38/h5H,3-4H2,1-2H3/p+1. The molecule has 25 heteroatoms. The molecule has 0 spiro atoms. The number of carboxylic acids is 1. The van der Waals surface area contributed by atoms with E-state index in [1.807, 2.05) is 0 Å². The highest BCUT2D eigenvalue weighted by Crippen LogP contribution is 2.66. The van der Waals surface area contributed by atoms with E-state index < -0.39 is 89.2 Å². The van der Waals surface area contributed by atoms with Crippen LogP contribution in [-0.2, 0) is 4.79 Å².